The van der Waals surface area contributed by atoms with E-state index in [2.05, 4.69) is 23.5 Å². The lowest BCUT2D eigenvalue weighted by Gasteiger charge is -2.17. The number of nitrogens with zero attached hydrogens (tertiary/aromatic N) is 1. The second-order valence-electron chi connectivity index (χ2n) is 5.39. The third kappa shape index (κ3) is 3.34. The van der Waals surface area contributed by atoms with Crippen LogP contribution < -0.4 is 5.32 Å². The first kappa shape index (κ1) is 14.7. The molecule has 0 atom stereocenters. The van der Waals surface area contributed by atoms with E-state index in [0.29, 0.717) is 5.11 Å². The zero-order chi connectivity index (χ0) is 15.4. The molecule has 1 saturated heterocycles. The molecule has 4 heteroatoms. The molecule has 22 heavy (non-hydrogen) atoms. The predicted molar refractivity (Wildman–Crippen MR) is 94.5 cm³/mol. The lowest BCUT2D eigenvalue weighted by molar-refractivity contribution is -0.115. The summed E-state index contributed by atoms with van der Waals surface area (Å²) in [6, 6.07) is 14.2. The van der Waals surface area contributed by atoms with E-state index in [4.69, 9.17) is 12.2 Å². The summed E-state index contributed by atoms with van der Waals surface area (Å²) < 4.78 is 0. The van der Waals surface area contributed by atoms with Crippen LogP contribution in [0, 0.1) is 0 Å². The van der Waals surface area contributed by atoms with Crippen LogP contribution in [0.15, 0.2) is 48.5 Å². The molecule has 1 amide bonds. The van der Waals surface area contributed by atoms with Gasteiger partial charge in [0.1, 0.15) is 0 Å². The van der Waals surface area contributed by atoms with Gasteiger partial charge >= 0.3 is 0 Å². The highest BCUT2D eigenvalue weighted by atomic mass is 32.1. The summed E-state index contributed by atoms with van der Waals surface area (Å²) in [5.41, 5.74) is 1.03. The van der Waals surface area contributed by atoms with Gasteiger partial charge in [-0.25, -0.2) is 0 Å². The lowest BCUT2D eigenvalue weighted by Crippen LogP contribution is -2.40. The number of carbonyl (C=O) groups excluding carboxylic acids is 1. The van der Waals surface area contributed by atoms with E-state index in [-0.39, 0.29) is 5.91 Å². The van der Waals surface area contributed by atoms with Gasteiger partial charge in [-0.1, -0.05) is 42.5 Å². The summed E-state index contributed by atoms with van der Waals surface area (Å²) >= 11 is 5.26. The number of likely N-dealkylation sites (tertiary alicyclic amines) is 1. The molecule has 3 rings (SSSR count). The minimum Gasteiger partial charge on any atom is -0.349 e. The highest BCUT2D eigenvalue weighted by Gasteiger charge is 2.15. The number of carbonyl (C=O) groups is 1. The van der Waals surface area contributed by atoms with Gasteiger partial charge in [-0.05, 0) is 47.5 Å². The van der Waals surface area contributed by atoms with Gasteiger partial charge in [0.2, 0.25) is 5.91 Å². The van der Waals surface area contributed by atoms with Crippen LogP contribution in [0.1, 0.15) is 18.4 Å². The number of benzene rings is 2. The topological polar surface area (TPSA) is 32.3 Å². The fraction of sp³-hybridized carbons (Fsp3) is 0.222. The van der Waals surface area contributed by atoms with Gasteiger partial charge < -0.3 is 4.90 Å². The Morgan fingerprint density at radius 2 is 1.82 bits per heavy atom. The molecule has 1 fully saturated rings. The molecule has 0 bridgehead atoms. The fourth-order valence-corrected chi connectivity index (χ4v) is 2.99. The number of amides is 1. The lowest BCUT2D eigenvalue weighted by atomic mass is 10.0. The molecule has 3 nitrogen and oxygen atoms in total. The molecule has 0 unspecified atom stereocenters. The van der Waals surface area contributed by atoms with E-state index in [0.717, 1.165) is 42.3 Å². The Balaban J connectivity index is 1.70. The number of rotatable bonds is 2. The Morgan fingerprint density at radius 1 is 1.09 bits per heavy atom. The van der Waals surface area contributed by atoms with E-state index in [1.54, 1.807) is 6.08 Å². The highest BCUT2D eigenvalue weighted by Crippen LogP contribution is 2.19. The van der Waals surface area contributed by atoms with Crippen LogP contribution in [0.3, 0.4) is 0 Å². The summed E-state index contributed by atoms with van der Waals surface area (Å²) in [5.74, 6) is -0.176. The summed E-state index contributed by atoms with van der Waals surface area (Å²) in [7, 11) is 0. The van der Waals surface area contributed by atoms with Gasteiger partial charge in [-0.15, -0.1) is 0 Å². The molecule has 1 heterocycles. The number of hydrogen-bond donors (Lipinski definition) is 1. The minimum atomic E-state index is -0.176. The maximum atomic E-state index is 12.0. The zero-order valence-electron chi connectivity index (χ0n) is 12.3. The SMILES string of the molecule is O=C(C=Cc1cccc2ccccc12)NC(=S)N1CCCC1. The largest absolute Gasteiger partial charge is 0.349 e. The van der Waals surface area contributed by atoms with E-state index in [1.807, 2.05) is 35.2 Å². The first-order valence-corrected chi connectivity index (χ1v) is 7.90. The molecule has 0 radical (unpaired) electrons. The van der Waals surface area contributed by atoms with Crippen molar-refractivity contribution in [3.8, 4) is 0 Å². The van der Waals surface area contributed by atoms with Crippen LogP contribution in [0.5, 0.6) is 0 Å². The second-order valence-corrected chi connectivity index (χ2v) is 5.78. The molecule has 2 aromatic rings. The molecule has 1 aliphatic heterocycles. The van der Waals surface area contributed by atoms with Crippen LogP contribution in [-0.4, -0.2) is 29.0 Å². The number of nitrogens with one attached hydrogen (secondary N) is 1. The third-order valence-electron chi connectivity index (χ3n) is 3.86. The number of hydrogen-bond acceptors (Lipinski definition) is 2. The van der Waals surface area contributed by atoms with Crippen molar-refractivity contribution in [3.63, 3.8) is 0 Å². The van der Waals surface area contributed by atoms with Crippen LogP contribution >= 0.6 is 12.2 Å². The standard InChI is InChI=1S/C18H18N2OS/c21-17(19-18(22)20-12-3-4-13-20)11-10-15-8-5-7-14-6-1-2-9-16(14)15/h1-2,5-11H,3-4,12-13H2,(H,19,21,22). The van der Waals surface area contributed by atoms with Gasteiger partial charge in [0.05, 0.1) is 0 Å². The highest BCUT2D eigenvalue weighted by molar-refractivity contribution is 7.80. The van der Waals surface area contributed by atoms with Gasteiger partial charge in [0.25, 0.3) is 0 Å². The molecular formula is C18H18N2OS. The molecular weight excluding hydrogens is 292 g/mol. The fourth-order valence-electron chi connectivity index (χ4n) is 2.71. The summed E-state index contributed by atoms with van der Waals surface area (Å²) in [4.78, 5) is 14.0. The Labute approximate surface area is 135 Å². The van der Waals surface area contributed by atoms with Crippen LogP contribution in [0.25, 0.3) is 16.8 Å². The first-order valence-electron chi connectivity index (χ1n) is 7.50. The quantitative estimate of drug-likeness (QED) is 0.682. The molecule has 0 aliphatic carbocycles. The second kappa shape index (κ2) is 6.71. The number of thiocarbonyl (C=S) groups is 1. The van der Waals surface area contributed by atoms with E-state index >= 15 is 0 Å². The van der Waals surface area contributed by atoms with Crippen molar-refractivity contribution in [1.29, 1.82) is 0 Å². The Hall–Kier alpha value is -2.20. The normalized spacial score (nSPS) is 14.6. The van der Waals surface area contributed by atoms with Gasteiger partial charge in [0, 0.05) is 19.2 Å². The average molecular weight is 310 g/mol. The number of fused-ring (bicyclic) bond motifs is 1. The smallest absolute Gasteiger partial charge is 0.250 e. The molecule has 2 aromatic carbocycles. The zero-order valence-corrected chi connectivity index (χ0v) is 13.1. The monoisotopic (exact) mass is 310 g/mol. The van der Waals surface area contributed by atoms with E-state index in [9.17, 15) is 4.79 Å². The van der Waals surface area contributed by atoms with Crippen molar-refractivity contribution in [2.75, 3.05) is 13.1 Å². The molecule has 0 spiro atoms. The first-order chi connectivity index (χ1) is 10.7. The maximum absolute atomic E-state index is 12.0. The maximum Gasteiger partial charge on any atom is 0.250 e. The summed E-state index contributed by atoms with van der Waals surface area (Å²) in [6.45, 7) is 1.87. The minimum absolute atomic E-state index is 0.176. The predicted octanol–water partition coefficient (Wildman–Crippen LogP) is 3.35. The Bertz CT molecular complexity index is 727. The molecule has 0 saturated carbocycles. The average Bonchev–Trinajstić information content (AvgIpc) is 3.07. The van der Waals surface area contributed by atoms with Gasteiger partial charge in [-0.3, -0.25) is 10.1 Å². The van der Waals surface area contributed by atoms with Crippen LogP contribution in [0.4, 0.5) is 0 Å². The Morgan fingerprint density at radius 3 is 2.64 bits per heavy atom. The van der Waals surface area contributed by atoms with E-state index in [1.165, 1.54) is 0 Å². The van der Waals surface area contributed by atoms with Crippen molar-refractivity contribution in [2.45, 2.75) is 12.8 Å². The molecule has 1 aliphatic rings. The van der Waals surface area contributed by atoms with Crippen LogP contribution in [-0.2, 0) is 4.79 Å². The van der Waals surface area contributed by atoms with Crippen molar-refractivity contribution < 1.29 is 4.79 Å². The van der Waals surface area contributed by atoms with Crippen LogP contribution in [0.2, 0.25) is 0 Å². The molecule has 1 N–H and O–H groups in total. The summed E-state index contributed by atoms with van der Waals surface area (Å²) in [6.07, 6.45) is 5.66. The van der Waals surface area contributed by atoms with Crippen molar-refractivity contribution in [2.24, 2.45) is 0 Å². The van der Waals surface area contributed by atoms with Gasteiger partial charge in [0.15, 0.2) is 5.11 Å². The molecule has 112 valence electrons. The molecule has 0 aromatic heterocycles. The van der Waals surface area contributed by atoms with Crippen molar-refractivity contribution >= 4 is 40.1 Å². The van der Waals surface area contributed by atoms with E-state index < -0.39 is 0 Å². The van der Waals surface area contributed by atoms with Crippen molar-refractivity contribution in [3.05, 3.63) is 54.1 Å². The van der Waals surface area contributed by atoms with Crippen molar-refractivity contribution in [1.82, 2.24) is 10.2 Å². The van der Waals surface area contributed by atoms with Gasteiger partial charge in [-0.2, -0.15) is 0 Å². The third-order valence-corrected chi connectivity index (χ3v) is 4.22. The Kier molecular flexibility index (Phi) is 4.49. The summed E-state index contributed by atoms with van der Waals surface area (Å²) in [5, 5.41) is 5.60.